The molecule has 1 fully saturated rings. The van der Waals surface area contributed by atoms with Gasteiger partial charge in [-0.2, -0.15) is 9.29 Å². The van der Waals surface area contributed by atoms with E-state index < -0.39 is 27.7 Å². The quantitative estimate of drug-likeness (QED) is 0.831. The summed E-state index contributed by atoms with van der Waals surface area (Å²) < 4.78 is 51.2. The molecule has 9 heteroatoms. The third kappa shape index (κ3) is 3.63. The van der Waals surface area contributed by atoms with Crippen LogP contribution in [0.5, 0.6) is 0 Å². The second-order valence-electron chi connectivity index (χ2n) is 5.78. The van der Waals surface area contributed by atoms with Gasteiger partial charge in [-0.3, -0.25) is 0 Å². The van der Waals surface area contributed by atoms with Crippen molar-refractivity contribution < 1.29 is 22.1 Å². The molecule has 0 bridgehead atoms. The molecule has 2 aromatic rings. The monoisotopic (exact) mass is 355 g/mol. The molecule has 7 nitrogen and oxygen atoms in total. The van der Waals surface area contributed by atoms with Crippen molar-refractivity contribution in [2.75, 3.05) is 13.1 Å². The Morgan fingerprint density at radius 3 is 2.75 bits per heavy atom. The summed E-state index contributed by atoms with van der Waals surface area (Å²) in [6.45, 7) is 3.69. The molecule has 0 amide bonds. The van der Waals surface area contributed by atoms with Crippen LogP contribution in [0.3, 0.4) is 0 Å². The van der Waals surface area contributed by atoms with E-state index in [9.17, 15) is 12.8 Å². The van der Waals surface area contributed by atoms with Gasteiger partial charge >= 0.3 is 0 Å². The number of sulfonamides is 1. The highest BCUT2D eigenvalue weighted by molar-refractivity contribution is 7.88. The van der Waals surface area contributed by atoms with Crippen molar-refractivity contribution in [2.24, 2.45) is 0 Å². The summed E-state index contributed by atoms with van der Waals surface area (Å²) in [6, 6.07) is 5.85. The third-order valence-electron chi connectivity index (χ3n) is 3.73. The summed E-state index contributed by atoms with van der Waals surface area (Å²) in [6.07, 6.45) is -0.975. The van der Waals surface area contributed by atoms with Gasteiger partial charge in [0, 0.05) is 18.7 Å². The largest absolute Gasteiger partial charge is 0.363 e. The van der Waals surface area contributed by atoms with E-state index in [1.165, 1.54) is 22.5 Å². The lowest BCUT2D eigenvalue weighted by molar-refractivity contribution is -0.0691. The molecule has 130 valence electrons. The average molecular weight is 355 g/mol. The van der Waals surface area contributed by atoms with Crippen molar-refractivity contribution in [2.45, 2.75) is 31.8 Å². The van der Waals surface area contributed by atoms with Crippen molar-refractivity contribution in [1.82, 2.24) is 14.4 Å². The molecular weight excluding hydrogens is 337 g/mol. The predicted octanol–water partition coefficient (Wildman–Crippen LogP) is 1.81. The minimum atomic E-state index is -3.70. The smallest absolute Gasteiger partial charge is 0.257 e. The van der Waals surface area contributed by atoms with Crippen LogP contribution in [0.25, 0.3) is 0 Å². The van der Waals surface area contributed by atoms with Crippen LogP contribution in [-0.2, 0) is 20.5 Å². The lowest BCUT2D eigenvalue weighted by Gasteiger charge is -2.34. The van der Waals surface area contributed by atoms with E-state index in [1.807, 2.05) is 0 Å². The third-order valence-corrected chi connectivity index (χ3v) is 5.50. The van der Waals surface area contributed by atoms with E-state index in [1.54, 1.807) is 19.9 Å². The second-order valence-corrected chi connectivity index (χ2v) is 7.75. The SMILES string of the molecule is Cc1noc([C@H]2CN(S(=O)(=O)Cc3ccccc3F)C[C@@H](C)O2)n1. The van der Waals surface area contributed by atoms with Gasteiger partial charge in [0.1, 0.15) is 5.82 Å². The van der Waals surface area contributed by atoms with Gasteiger partial charge in [0.15, 0.2) is 11.9 Å². The fourth-order valence-electron chi connectivity index (χ4n) is 2.62. The molecule has 1 saturated heterocycles. The number of benzene rings is 1. The summed E-state index contributed by atoms with van der Waals surface area (Å²) in [7, 11) is -3.70. The second kappa shape index (κ2) is 6.58. The number of morpholine rings is 1. The number of hydrogen-bond donors (Lipinski definition) is 0. The first-order valence-electron chi connectivity index (χ1n) is 7.52. The van der Waals surface area contributed by atoms with E-state index in [0.29, 0.717) is 5.82 Å². The molecule has 0 unspecified atom stereocenters. The van der Waals surface area contributed by atoms with Crippen LogP contribution in [-0.4, -0.2) is 42.1 Å². The summed E-state index contributed by atoms with van der Waals surface area (Å²) in [5, 5.41) is 3.70. The minimum Gasteiger partial charge on any atom is -0.363 e. The number of halogens is 1. The van der Waals surface area contributed by atoms with E-state index >= 15 is 0 Å². The van der Waals surface area contributed by atoms with Crippen LogP contribution in [0.4, 0.5) is 4.39 Å². The van der Waals surface area contributed by atoms with Crippen molar-refractivity contribution in [3.63, 3.8) is 0 Å². The Balaban J connectivity index is 1.80. The van der Waals surface area contributed by atoms with Gasteiger partial charge in [-0.15, -0.1) is 0 Å². The number of hydrogen-bond acceptors (Lipinski definition) is 6. The lowest BCUT2D eigenvalue weighted by atomic mass is 10.2. The Kier molecular flexibility index (Phi) is 4.66. The Labute approximate surface area is 139 Å². The first-order valence-corrected chi connectivity index (χ1v) is 9.13. The molecule has 2 atom stereocenters. The van der Waals surface area contributed by atoms with E-state index in [2.05, 4.69) is 10.1 Å². The maximum atomic E-state index is 13.8. The van der Waals surface area contributed by atoms with E-state index in [4.69, 9.17) is 9.26 Å². The summed E-state index contributed by atoms with van der Waals surface area (Å²) >= 11 is 0. The van der Waals surface area contributed by atoms with Crippen LogP contribution in [0.2, 0.25) is 0 Å². The van der Waals surface area contributed by atoms with Crippen LogP contribution < -0.4 is 0 Å². The first kappa shape index (κ1) is 17.0. The standard InChI is InChI=1S/C15H18FN3O4S/c1-10-7-19(8-14(22-10)15-17-11(2)18-23-15)24(20,21)9-12-5-3-4-6-13(12)16/h3-6,10,14H,7-9H2,1-2H3/t10-,14-/m1/s1. The summed E-state index contributed by atoms with van der Waals surface area (Å²) in [4.78, 5) is 4.10. The van der Waals surface area contributed by atoms with Gasteiger partial charge in [-0.25, -0.2) is 12.8 Å². The highest BCUT2D eigenvalue weighted by Crippen LogP contribution is 2.27. The van der Waals surface area contributed by atoms with Crippen LogP contribution >= 0.6 is 0 Å². The molecule has 2 heterocycles. The Morgan fingerprint density at radius 1 is 1.33 bits per heavy atom. The lowest BCUT2D eigenvalue weighted by Crippen LogP contribution is -2.46. The topological polar surface area (TPSA) is 85.5 Å². The fourth-order valence-corrected chi connectivity index (χ4v) is 4.23. The van der Waals surface area contributed by atoms with Crippen molar-refractivity contribution in [1.29, 1.82) is 0 Å². The van der Waals surface area contributed by atoms with Crippen molar-refractivity contribution >= 4 is 10.0 Å². The van der Waals surface area contributed by atoms with Gasteiger partial charge < -0.3 is 9.26 Å². The van der Waals surface area contributed by atoms with Crippen LogP contribution in [0, 0.1) is 12.7 Å². The molecule has 0 saturated carbocycles. The molecular formula is C15H18FN3O4S. The Bertz CT molecular complexity index is 824. The molecule has 0 spiro atoms. The van der Waals surface area contributed by atoms with Crippen molar-refractivity contribution in [3.8, 4) is 0 Å². The molecule has 1 aromatic heterocycles. The maximum absolute atomic E-state index is 13.8. The normalized spacial score (nSPS) is 22.6. The van der Waals surface area contributed by atoms with Gasteiger partial charge in [-0.05, 0) is 19.9 Å². The molecule has 1 aromatic carbocycles. The molecule has 0 N–H and O–H groups in total. The fraction of sp³-hybridized carbons (Fsp3) is 0.467. The van der Waals surface area contributed by atoms with E-state index in [-0.39, 0.29) is 30.6 Å². The Morgan fingerprint density at radius 2 is 2.08 bits per heavy atom. The molecule has 1 aliphatic heterocycles. The molecule has 24 heavy (non-hydrogen) atoms. The molecule has 3 rings (SSSR count). The first-order chi connectivity index (χ1) is 11.3. The van der Waals surface area contributed by atoms with Gasteiger partial charge in [0.25, 0.3) is 5.89 Å². The number of aryl methyl sites for hydroxylation is 1. The summed E-state index contributed by atoms with van der Waals surface area (Å²) in [5.41, 5.74) is 0.141. The zero-order valence-corrected chi connectivity index (χ0v) is 14.2. The number of aromatic nitrogens is 2. The van der Waals surface area contributed by atoms with Crippen LogP contribution in [0.15, 0.2) is 28.8 Å². The Hall–Kier alpha value is -1.84. The molecule has 1 aliphatic rings. The maximum Gasteiger partial charge on any atom is 0.257 e. The van der Waals surface area contributed by atoms with E-state index in [0.717, 1.165) is 0 Å². The van der Waals surface area contributed by atoms with Gasteiger partial charge in [0.2, 0.25) is 10.0 Å². The average Bonchev–Trinajstić information content (AvgIpc) is 2.95. The molecule has 0 aliphatic carbocycles. The predicted molar refractivity (Wildman–Crippen MR) is 82.9 cm³/mol. The number of rotatable bonds is 4. The number of ether oxygens (including phenoxy) is 1. The molecule has 0 radical (unpaired) electrons. The van der Waals surface area contributed by atoms with Crippen molar-refractivity contribution in [3.05, 3.63) is 47.4 Å². The van der Waals surface area contributed by atoms with Gasteiger partial charge in [0.05, 0.1) is 11.9 Å². The summed E-state index contributed by atoms with van der Waals surface area (Å²) in [5.74, 6) is -0.244. The zero-order valence-electron chi connectivity index (χ0n) is 13.3. The van der Waals surface area contributed by atoms with Gasteiger partial charge in [-0.1, -0.05) is 23.4 Å². The number of nitrogens with zero attached hydrogens (tertiary/aromatic N) is 3. The highest BCUT2D eigenvalue weighted by atomic mass is 32.2. The zero-order chi connectivity index (χ0) is 17.3. The highest BCUT2D eigenvalue weighted by Gasteiger charge is 2.36. The van der Waals surface area contributed by atoms with Crippen LogP contribution in [0.1, 0.15) is 30.3 Å². The minimum absolute atomic E-state index is 0.0583.